The van der Waals surface area contributed by atoms with E-state index < -0.39 is 11.6 Å². The maximum absolute atomic E-state index is 12.1. The first kappa shape index (κ1) is 17.0. The van der Waals surface area contributed by atoms with E-state index in [0.717, 1.165) is 0 Å². The third-order valence-corrected chi connectivity index (χ3v) is 3.35. The van der Waals surface area contributed by atoms with Crippen molar-refractivity contribution < 1.29 is 19.4 Å². The number of nitrogens with zero attached hydrogens (tertiary/aromatic N) is 4. The highest BCUT2D eigenvalue weighted by molar-refractivity contribution is 5.93. The van der Waals surface area contributed by atoms with Gasteiger partial charge in [0.05, 0.1) is 0 Å². The summed E-state index contributed by atoms with van der Waals surface area (Å²) in [7, 11) is 0. The Hall–Kier alpha value is -2.38. The summed E-state index contributed by atoms with van der Waals surface area (Å²) in [5.74, 6) is -0.150. The van der Waals surface area contributed by atoms with Crippen LogP contribution in [0.1, 0.15) is 37.0 Å². The highest BCUT2D eigenvalue weighted by Crippen LogP contribution is 2.20. The lowest BCUT2D eigenvalue weighted by Crippen LogP contribution is -2.50. The van der Waals surface area contributed by atoms with Crippen molar-refractivity contribution in [2.45, 2.75) is 33.3 Å². The molecular weight excluding hydrogens is 300 g/mol. The van der Waals surface area contributed by atoms with Crippen LogP contribution in [0.15, 0.2) is 6.20 Å². The number of amides is 1. The molecule has 2 rings (SSSR count). The Morgan fingerprint density at radius 2 is 1.83 bits per heavy atom. The fourth-order valence-corrected chi connectivity index (χ4v) is 2.28. The Labute approximate surface area is 135 Å². The molecule has 0 bridgehead atoms. The molecule has 0 aromatic carbocycles. The van der Waals surface area contributed by atoms with E-state index >= 15 is 0 Å². The summed E-state index contributed by atoms with van der Waals surface area (Å²) < 4.78 is 5.35. The zero-order valence-electron chi connectivity index (χ0n) is 13.9. The van der Waals surface area contributed by atoms with Gasteiger partial charge in [-0.25, -0.2) is 19.6 Å². The zero-order valence-corrected chi connectivity index (χ0v) is 13.9. The van der Waals surface area contributed by atoms with Gasteiger partial charge in [-0.15, -0.1) is 0 Å². The van der Waals surface area contributed by atoms with Crippen molar-refractivity contribution in [3.8, 4) is 0 Å². The maximum Gasteiger partial charge on any atom is 0.410 e. The summed E-state index contributed by atoms with van der Waals surface area (Å²) in [5.41, 5.74) is -0.463. The monoisotopic (exact) mass is 322 g/mol. The van der Waals surface area contributed by atoms with E-state index in [1.54, 1.807) is 11.8 Å². The molecule has 23 heavy (non-hydrogen) atoms. The molecule has 1 fully saturated rings. The van der Waals surface area contributed by atoms with Crippen LogP contribution < -0.4 is 4.90 Å². The molecule has 0 aliphatic carbocycles. The first-order chi connectivity index (χ1) is 10.7. The predicted octanol–water partition coefficient (Wildman–Crippen LogP) is 1.54. The van der Waals surface area contributed by atoms with E-state index in [1.165, 1.54) is 6.20 Å². The largest absolute Gasteiger partial charge is 0.477 e. The van der Waals surface area contributed by atoms with E-state index in [9.17, 15) is 14.7 Å². The number of anilines is 1. The van der Waals surface area contributed by atoms with Crippen molar-refractivity contribution in [1.82, 2.24) is 14.9 Å². The van der Waals surface area contributed by atoms with Crippen molar-refractivity contribution in [3.05, 3.63) is 17.6 Å². The number of piperazine rings is 1. The van der Waals surface area contributed by atoms with E-state index in [0.29, 0.717) is 37.8 Å². The van der Waals surface area contributed by atoms with Gasteiger partial charge >= 0.3 is 12.1 Å². The van der Waals surface area contributed by atoms with Crippen molar-refractivity contribution in [2.24, 2.45) is 0 Å². The van der Waals surface area contributed by atoms with Crippen LogP contribution in [0, 0.1) is 6.92 Å². The normalized spacial score (nSPS) is 15.5. The second-order valence-corrected chi connectivity index (χ2v) is 6.41. The summed E-state index contributed by atoms with van der Waals surface area (Å²) >= 11 is 0. The molecule has 1 aromatic rings. The lowest BCUT2D eigenvalue weighted by molar-refractivity contribution is 0.0239. The third-order valence-electron chi connectivity index (χ3n) is 3.35. The van der Waals surface area contributed by atoms with E-state index in [4.69, 9.17) is 4.74 Å². The van der Waals surface area contributed by atoms with Crippen molar-refractivity contribution in [1.29, 1.82) is 0 Å². The summed E-state index contributed by atoms with van der Waals surface area (Å²) in [6.45, 7) is 9.09. The SMILES string of the molecule is Cc1ncc(C(=O)O)c(N2CCN(C(=O)OC(C)(C)C)CC2)n1. The Kier molecular flexibility index (Phi) is 4.72. The molecule has 1 amide bonds. The number of carboxylic acid groups (broad SMARTS) is 1. The van der Waals surface area contributed by atoms with Gasteiger partial charge in [-0.2, -0.15) is 0 Å². The number of carbonyl (C=O) groups is 2. The number of carbonyl (C=O) groups excluding carboxylic acids is 1. The van der Waals surface area contributed by atoms with Gasteiger partial charge in [0.15, 0.2) is 0 Å². The van der Waals surface area contributed by atoms with Crippen molar-refractivity contribution in [3.63, 3.8) is 0 Å². The van der Waals surface area contributed by atoms with Gasteiger partial charge in [-0.1, -0.05) is 0 Å². The van der Waals surface area contributed by atoms with Crippen LogP contribution in [0.5, 0.6) is 0 Å². The average molecular weight is 322 g/mol. The van der Waals surface area contributed by atoms with Crippen LogP contribution in [0.3, 0.4) is 0 Å². The van der Waals surface area contributed by atoms with E-state index in [1.807, 2.05) is 25.7 Å². The van der Waals surface area contributed by atoms with Gasteiger partial charge in [0.2, 0.25) is 0 Å². The average Bonchev–Trinajstić information content (AvgIpc) is 2.45. The molecule has 1 N–H and O–H groups in total. The lowest BCUT2D eigenvalue weighted by Gasteiger charge is -2.36. The van der Waals surface area contributed by atoms with Gasteiger partial charge in [-0.05, 0) is 27.7 Å². The minimum atomic E-state index is -1.06. The lowest BCUT2D eigenvalue weighted by atomic mass is 10.2. The quantitative estimate of drug-likeness (QED) is 0.882. The van der Waals surface area contributed by atoms with Crippen molar-refractivity contribution in [2.75, 3.05) is 31.1 Å². The van der Waals surface area contributed by atoms with E-state index in [2.05, 4.69) is 9.97 Å². The fourth-order valence-electron chi connectivity index (χ4n) is 2.28. The predicted molar refractivity (Wildman–Crippen MR) is 83.7 cm³/mol. The summed E-state index contributed by atoms with van der Waals surface area (Å²) in [4.78, 5) is 35.0. The molecule has 0 saturated carbocycles. The van der Waals surface area contributed by atoms with Crippen LogP contribution in [0.25, 0.3) is 0 Å². The van der Waals surface area contributed by atoms with Gasteiger partial charge in [-0.3, -0.25) is 0 Å². The molecular formula is C15H22N4O4. The highest BCUT2D eigenvalue weighted by atomic mass is 16.6. The molecule has 8 heteroatoms. The van der Waals surface area contributed by atoms with Gasteiger partial charge in [0, 0.05) is 32.4 Å². The second-order valence-electron chi connectivity index (χ2n) is 6.41. The van der Waals surface area contributed by atoms with Gasteiger partial charge < -0.3 is 19.6 Å². The van der Waals surface area contributed by atoms with Crippen LogP contribution >= 0.6 is 0 Å². The number of hydrogen-bond donors (Lipinski definition) is 1. The minimum Gasteiger partial charge on any atom is -0.477 e. The first-order valence-electron chi connectivity index (χ1n) is 7.47. The molecule has 1 aliphatic rings. The Morgan fingerprint density at radius 1 is 1.22 bits per heavy atom. The molecule has 1 aliphatic heterocycles. The fraction of sp³-hybridized carbons (Fsp3) is 0.600. The maximum atomic E-state index is 12.1. The molecule has 1 aromatic heterocycles. The molecule has 0 radical (unpaired) electrons. The summed E-state index contributed by atoms with van der Waals surface area (Å²) in [6, 6.07) is 0. The molecule has 126 valence electrons. The number of rotatable bonds is 2. The van der Waals surface area contributed by atoms with Gasteiger partial charge in [0.1, 0.15) is 22.8 Å². The number of carboxylic acids is 1. The Bertz CT molecular complexity index is 604. The Balaban J connectivity index is 2.06. The molecule has 0 unspecified atom stereocenters. The second kappa shape index (κ2) is 6.39. The molecule has 1 saturated heterocycles. The van der Waals surface area contributed by atoms with Gasteiger partial charge in [0.25, 0.3) is 0 Å². The number of ether oxygens (including phenoxy) is 1. The van der Waals surface area contributed by atoms with E-state index in [-0.39, 0.29) is 11.7 Å². The molecule has 0 spiro atoms. The summed E-state index contributed by atoms with van der Waals surface area (Å²) in [5, 5.41) is 9.26. The van der Waals surface area contributed by atoms with Crippen LogP contribution in [0.4, 0.5) is 10.6 Å². The number of hydrogen-bond acceptors (Lipinski definition) is 6. The third kappa shape index (κ3) is 4.30. The molecule has 2 heterocycles. The first-order valence-corrected chi connectivity index (χ1v) is 7.47. The number of aromatic nitrogens is 2. The standard InChI is InChI=1S/C15H22N4O4/c1-10-16-9-11(13(20)21)12(17-10)18-5-7-19(8-6-18)14(22)23-15(2,3)4/h9H,5-8H2,1-4H3,(H,20,21). The van der Waals surface area contributed by atoms with Crippen LogP contribution in [0.2, 0.25) is 0 Å². The summed E-state index contributed by atoms with van der Waals surface area (Å²) in [6.07, 6.45) is 0.967. The highest BCUT2D eigenvalue weighted by Gasteiger charge is 2.28. The topological polar surface area (TPSA) is 95.9 Å². The van der Waals surface area contributed by atoms with Crippen LogP contribution in [-0.4, -0.2) is 63.8 Å². The minimum absolute atomic E-state index is 0.0707. The molecule has 0 atom stereocenters. The zero-order chi connectivity index (χ0) is 17.2. The number of aromatic carboxylic acids is 1. The molecule has 8 nitrogen and oxygen atoms in total. The number of aryl methyl sites for hydroxylation is 1. The van der Waals surface area contributed by atoms with Crippen LogP contribution in [-0.2, 0) is 4.74 Å². The van der Waals surface area contributed by atoms with Crippen molar-refractivity contribution >= 4 is 17.9 Å². The Morgan fingerprint density at radius 3 is 2.35 bits per heavy atom. The smallest absolute Gasteiger partial charge is 0.410 e.